The van der Waals surface area contributed by atoms with Crippen LogP contribution in [0.25, 0.3) is 0 Å². The number of nitrogens with zero attached hydrogens (tertiary/aromatic N) is 1. The first kappa shape index (κ1) is 16.9. The van der Waals surface area contributed by atoms with Crippen molar-refractivity contribution in [2.45, 2.75) is 6.61 Å². The molecule has 0 spiro atoms. The maximum atomic E-state index is 11.8. The van der Waals surface area contributed by atoms with Crippen molar-refractivity contribution in [2.75, 3.05) is 19.8 Å². The van der Waals surface area contributed by atoms with Gasteiger partial charge in [0, 0.05) is 0 Å². The number of esters is 1. The van der Waals surface area contributed by atoms with Crippen LogP contribution in [0.3, 0.4) is 0 Å². The number of fused-ring (bicyclic) bond motifs is 1. The third-order valence-corrected chi connectivity index (χ3v) is 3.69. The van der Waals surface area contributed by atoms with E-state index in [0.717, 1.165) is 0 Å². The fourth-order valence-corrected chi connectivity index (χ4v) is 2.56. The van der Waals surface area contributed by atoms with Crippen molar-refractivity contribution in [1.29, 1.82) is 5.26 Å². The summed E-state index contributed by atoms with van der Waals surface area (Å²) in [5, 5.41) is 9.38. The van der Waals surface area contributed by atoms with E-state index in [1.54, 1.807) is 36.4 Å². The molecule has 1 aliphatic rings. The standard InChI is InChI=1S/C18H14ClNO5/c19-14-7-12(8-16-18(14)23-6-5-22-16)10-25-17(21)11-24-15-4-2-1-3-13(15)9-20/h1-4,7-8H,5-6,10-11H2. The Morgan fingerprint density at radius 3 is 2.88 bits per heavy atom. The predicted molar refractivity (Wildman–Crippen MR) is 88.9 cm³/mol. The molecule has 2 aromatic rings. The quantitative estimate of drug-likeness (QED) is 0.763. The Labute approximate surface area is 149 Å². The number of para-hydroxylation sites is 1. The molecule has 0 unspecified atom stereocenters. The number of benzene rings is 2. The molecule has 0 fully saturated rings. The Kier molecular flexibility index (Phi) is 5.26. The molecule has 0 saturated carbocycles. The van der Waals surface area contributed by atoms with Crippen molar-refractivity contribution in [3.05, 3.63) is 52.5 Å². The molecule has 0 N–H and O–H groups in total. The lowest BCUT2D eigenvalue weighted by Crippen LogP contribution is -2.17. The van der Waals surface area contributed by atoms with Gasteiger partial charge in [0.25, 0.3) is 0 Å². The van der Waals surface area contributed by atoms with E-state index in [9.17, 15) is 4.79 Å². The van der Waals surface area contributed by atoms with Crippen LogP contribution in [0.2, 0.25) is 5.02 Å². The van der Waals surface area contributed by atoms with Crippen LogP contribution in [0.15, 0.2) is 36.4 Å². The van der Waals surface area contributed by atoms with Crippen LogP contribution in [0, 0.1) is 11.3 Å². The largest absolute Gasteiger partial charge is 0.486 e. The maximum Gasteiger partial charge on any atom is 0.344 e. The topological polar surface area (TPSA) is 77.8 Å². The van der Waals surface area contributed by atoms with Gasteiger partial charge in [-0.3, -0.25) is 0 Å². The minimum atomic E-state index is -0.557. The van der Waals surface area contributed by atoms with Gasteiger partial charge in [0.05, 0.1) is 10.6 Å². The Hall–Kier alpha value is -2.91. The van der Waals surface area contributed by atoms with Crippen molar-refractivity contribution in [3.8, 4) is 23.3 Å². The molecule has 0 aliphatic carbocycles. The molecule has 1 aliphatic heterocycles. The van der Waals surface area contributed by atoms with E-state index in [1.165, 1.54) is 0 Å². The average molecular weight is 360 g/mol. The predicted octanol–water partition coefficient (Wildman–Crippen LogP) is 3.11. The lowest BCUT2D eigenvalue weighted by Gasteiger charge is -2.20. The average Bonchev–Trinajstić information content (AvgIpc) is 2.65. The Bertz CT molecular complexity index is 831. The zero-order valence-electron chi connectivity index (χ0n) is 13.2. The number of ether oxygens (including phenoxy) is 4. The van der Waals surface area contributed by atoms with Crippen LogP contribution < -0.4 is 14.2 Å². The summed E-state index contributed by atoms with van der Waals surface area (Å²) in [4.78, 5) is 11.8. The normalized spacial score (nSPS) is 12.2. The summed E-state index contributed by atoms with van der Waals surface area (Å²) in [5.41, 5.74) is 1.04. The van der Waals surface area contributed by atoms with Gasteiger partial charge in [-0.25, -0.2) is 4.79 Å². The fraction of sp³-hybridized carbons (Fsp3) is 0.222. The highest BCUT2D eigenvalue weighted by Crippen LogP contribution is 2.38. The van der Waals surface area contributed by atoms with Gasteiger partial charge in [-0.15, -0.1) is 0 Å². The number of carbonyl (C=O) groups is 1. The summed E-state index contributed by atoms with van der Waals surface area (Å²) in [6.07, 6.45) is 0. The monoisotopic (exact) mass is 359 g/mol. The third-order valence-electron chi connectivity index (χ3n) is 3.41. The molecule has 0 bridgehead atoms. The molecular weight excluding hydrogens is 346 g/mol. The minimum Gasteiger partial charge on any atom is -0.486 e. The SMILES string of the molecule is N#Cc1ccccc1OCC(=O)OCc1cc(Cl)c2c(c1)OCCO2. The molecule has 25 heavy (non-hydrogen) atoms. The summed E-state index contributed by atoms with van der Waals surface area (Å²) in [6, 6.07) is 12.0. The summed E-state index contributed by atoms with van der Waals surface area (Å²) in [7, 11) is 0. The molecule has 0 radical (unpaired) electrons. The van der Waals surface area contributed by atoms with E-state index >= 15 is 0 Å². The molecule has 0 amide bonds. The van der Waals surface area contributed by atoms with Crippen LogP contribution in [0.1, 0.15) is 11.1 Å². The number of rotatable bonds is 5. The fourth-order valence-electron chi connectivity index (χ4n) is 2.27. The van der Waals surface area contributed by atoms with Crippen LogP contribution in [-0.2, 0) is 16.1 Å². The van der Waals surface area contributed by atoms with E-state index in [-0.39, 0.29) is 13.2 Å². The van der Waals surface area contributed by atoms with Crippen molar-refractivity contribution in [1.82, 2.24) is 0 Å². The zero-order valence-corrected chi connectivity index (χ0v) is 13.9. The highest BCUT2D eigenvalue weighted by atomic mass is 35.5. The van der Waals surface area contributed by atoms with Crippen LogP contribution in [0.4, 0.5) is 0 Å². The van der Waals surface area contributed by atoms with Crippen molar-refractivity contribution < 1.29 is 23.7 Å². The number of hydrogen-bond acceptors (Lipinski definition) is 6. The molecule has 6 nitrogen and oxygen atoms in total. The van der Waals surface area contributed by atoms with Gasteiger partial charge < -0.3 is 18.9 Å². The van der Waals surface area contributed by atoms with Gasteiger partial charge in [0.2, 0.25) is 0 Å². The van der Waals surface area contributed by atoms with Crippen molar-refractivity contribution >= 4 is 17.6 Å². The molecule has 3 rings (SSSR count). The van der Waals surface area contributed by atoms with E-state index in [1.807, 2.05) is 6.07 Å². The first-order chi connectivity index (χ1) is 12.2. The van der Waals surface area contributed by atoms with Crippen LogP contribution in [-0.4, -0.2) is 25.8 Å². The van der Waals surface area contributed by atoms with Gasteiger partial charge in [0.1, 0.15) is 31.6 Å². The van der Waals surface area contributed by atoms with E-state index < -0.39 is 5.97 Å². The molecule has 0 saturated heterocycles. The zero-order chi connectivity index (χ0) is 17.6. The summed E-state index contributed by atoms with van der Waals surface area (Å²) >= 11 is 6.14. The highest BCUT2D eigenvalue weighted by Gasteiger charge is 2.17. The van der Waals surface area contributed by atoms with E-state index in [0.29, 0.717) is 46.6 Å². The highest BCUT2D eigenvalue weighted by molar-refractivity contribution is 6.32. The van der Waals surface area contributed by atoms with E-state index in [4.69, 9.17) is 35.8 Å². The second-order valence-electron chi connectivity index (χ2n) is 5.16. The summed E-state index contributed by atoms with van der Waals surface area (Å²) in [5.74, 6) is 0.812. The van der Waals surface area contributed by atoms with E-state index in [2.05, 4.69) is 0 Å². The molecule has 128 valence electrons. The number of nitriles is 1. The van der Waals surface area contributed by atoms with Gasteiger partial charge in [-0.2, -0.15) is 5.26 Å². The number of hydrogen-bond donors (Lipinski definition) is 0. The van der Waals surface area contributed by atoms with Crippen molar-refractivity contribution in [3.63, 3.8) is 0 Å². The number of halogens is 1. The second-order valence-corrected chi connectivity index (χ2v) is 5.57. The van der Waals surface area contributed by atoms with Gasteiger partial charge in [-0.05, 0) is 29.8 Å². The molecular formula is C18H14ClNO5. The van der Waals surface area contributed by atoms with Gasteiger partial charge >= 0.3 is 5.97 Å². The molecule has 2 aromatic carbocycles. The third kappa shape index (κ3) is 4.14. The minimum absolute atomic E-state index is 0.0262. The smallest absolute Gasteiger partial charge is 0.344 e. The summed E-state index contributed by atoms with van der Waals surface area (Å²) < 4.78 is 21.4. The van der Waals surface area contributed by atoms with Crippen LogP contribution in [0.5, 0.6) is 17.2 Å². The van der Waals surface area contributed by atoms with Crippen LogP contribution >= 0.6 is 11.6 Å². The first-order valence-electron chi connectivity index (χ1n) is 7.53. The molecule has 7 heteroatoms. The lowest BCUT2D eigenvalue weighted by molar-refractivity contribution is -0.147. The first-order valence-corrected chi connectivity index (χ1v) is 7.91. The molecule has 1 heterocycles. The Morgan fingerprint density at radius 1 is 1.24 bits per heavy atom. The van der Waals surface area contributed by atoms with Gasteiger partial charge in [0.15, 0.2) is 18.1 Å². The molecule has 0 atom stereocenters. The second kappa shape index (κ2) is 7.77. The maximum absolute atomic E-state index is 11.8. The van der Waals surface area contributed by atoms with Gasteiger partial charge in [-0.1, -0.05) is 23.7 Å². The Balaban J connectivity index is 1.56. The Morgan fingerprint density at radius 2 is 2.04 bits per heavy atom. The number of carbonyl (C=O) groups excluding carboxylic acids is 1. The summed E-state index contributed by atoms with van der Waals surface area (Å²) in [6.45, 7) is 0.622. The lowest BCUT2D eigenvalue weighted by atomic mass is 10.2. The van der Waals surface area contributed by atoms with Crippen molar-refractivity contribution in [2.24, 2.45) is 0 Å². The molecule has 0 aromatic heterocycles.